The van der Waals surface area contributed by atoms with Crippen molar-refractivity contribution in [1.29, 1.82) is 0 Å². The maximum absolute atomic E-state index is 5.85. The highest BCUT2D eigenvalue weighted by atomic mass is 15.4. The average Bonchev–Trinajstić information content (AvgIpc) is 2.48. The second-order valence-corrected chi connectivity index (χ2v) is 3.59. The van der Waals surface area contributed by atoms with Gasteiger partial charge < -0.3 is 10.6 Å². The highest BCUT2D eigenvalue weighted by Gasteiger charge is 2.16. The maximum atomic E-state index is 5.85. The Labute approximate surface area is 78.3 Å². The van der Waals surface area contributed by atoms with Crippen molar-refractivity contribution >= 4 is 11.5 Å². The van der Waals surface area contributed by atoms with Gasteiger partial charge in [0.05, 0.1) is 11.9 Å². The molecule has 0 bridgehead atoms. The zero-order chi connectivity index (χ0) is 9.26. The van der Waals surface area contributed by atoms with E-state index in [9.17, 15) is 0 Å². The van der Waals surface area contributed by atoms with E-state index in [1.165, 1.54) is 19.3 Å². The van der Waals surface area contributed by atoms with Gasteiger partial charge in [-0.2, -0.15) is 5.10 Å². The van der Waals surface area contributed by atoms with Crippen molar-refractivity contribution in [2.75, 3.05) is 23.7 Å². The molecule has 0 atom stereocenters. The number of aryl methyl sites for hydroxylation is 1. The van der Waals surface area contributed by atoms with Crippen LogP contribution < -0.4 is 10.6 Å². The van der Waals surface area contributed by atoms with E-state index in [1.54, 1.807) is 6.20 Å². The summed E-state index contributed by atoms with van der Waals surface area (Å²) < 4.78 is 1.86. The molecule has 4 nitrogen and oxygen atoms in total. The number of anilines is 2. The van der Waals surface area contributed by atoms with E-state index in [1.807, 2.05) is 11.7 Å². The first kappa shape index (κ1) is 8.41. The number of hydrogen-bond acceptors (Lipinski definition) is 3. The van der Waals surface area contributed by atoms with Gasteiger partial charge in [0, 0.05) is 20.1 Å². The first-order valence-electron chi connectivity index (χ1n) is 4.81. The lowest BCUT2D eigenvalue weighted by Gasteiger charge is -2.28. The Kier molecular flexibility index (Phi) is 2.12. The minimum absolute atomic E-state index is 0.796. The first-order valence-corrected chi connectivity index (χ1v) is 4.81. The summed E-state index contributed by atoms with van der Waals surface area (Å²) in [6, 6.07) is 0. The van der Waals surface area contributed by atoms with E-state index in [-0.39, 0.29) is 0 Å². The highest BCUT2D eigenvalue weighted by Crippen LogP contribution is 2.24. The van der Waals surface area contributed by atoms with Crippen molar-refractivity contribution in [2.24, 2.45) is 7.05 Å². The van der Waals surface area contributed by atoms with Crippen LogP contribution in [-0.2, 0) is 7.05 Å². The Balaban J connectivity index is 2.22. The molecule has 13 heavy (non-hydrogen) atoms. The lowest BCUT2D eigenvalue weighted by molar-refractivity contribution is 0.562. The molecule has 2 rings (SSSR count). The predicted molar refractivity (Wildman–Crippen MR) is 53.7 cm³/mol. The Hall–Kier alpha value is -1.19. The zero-order valence-electron chi connectivity index (χ0n) is 8.03. The van der Waals surface area contributed by atoms with E-state index in [4.69, 9.17) is 5.73 Å². The molecule has 0 aliphatic carbocycles. The van der Waals surface area contributed by atoms with Gasteiger partial charge in [0.15, 0.2) is 0 Å². The molecule has 0 saturated carbocycles. The molecular weight excluding hydrogens is 164 g/mol. The summed E-state index contributed by atoms with van der Waals surface area (Å²) >= 11 is 0. The second kappa shape index (κ2) is 3.28. The molecule has 1 aliphatic heterocycles. The SMILES string of the molecule is Cn1ncc(N)c1N1CCCCC1. The van der Waals surface area contributed by atoms with Gasteiger partial charge in [0.2, 0.25) is 0 Å². The Morgan fingerprint density at radius 3 is 2.54 bits per heavy atom. The molecule has 1 saturated heterocycles. The van der Waals surface area contributed by atoms with Crippen molar-refractivity contribution in [3.05, 3.63) is 6.20 Å². The van der Waals surface area contributed by atoms with E-state index in [0.717, 1.165) is 24.6 Å². The van der Waals surface area contributed by atoms with Gasteiger partial charge in [-0.05, 0) is 19.3 Å². The van der Waals surface area contributed by atoms with Gasteiger partial charge in [-0.25, -0.2) is 0 Å². The smallest absolute Gasteiger partial charge is 0.150 e. The van der Waals surface area contributed by atoms with E-state index >= 15 is 0 Å². The third-order valence-electron chi connectivity index (χ3n) is 2.59. The monoisotopic (exact) mass is 180 g/mol. The molecule has 1 aromatic rings. The van der Waals surface area contributed by atoms with Crippen molar-refractivity contribution in [2.45, 2.75) is 19.3 Å². The summed E-state index contributed by atoms with van der Waals surface area (Å²) in [5.41, 5.74) is 6.64. The molecule has 2 heterocycles. The Morgan fingerprint density at radius 2 is 2.00 bits per heavy atom. The van der Waals surface area contributed by atoms with Crippen LogP contribution in [-0.4, -0.2) is 22.9 Å². The van der Waals surface area contributed by atoms with Gasteiger partial charge in [-0.15, -0.1) is 0 Å². The molecule has 1 fully saturated rings. The summed E-state index contributed by atoms with van der Waals surface area (Å²) in [4.78, 5) is 2.33. The molecule has 0 radical (unpaired) electrons. The summed E-state index contributed by atoms with van der Waals surface area (Å²) in [5, 5.41) is 4.14. The number of rotatable bonds is 1. The fourth-order valence-corrected chi connectivity index (χ4v) is 1.94. The van der Waals surface area contributed by atoms with Crippen LogP contribution in [0.25, 0.3) is 0 Å². The van der Waals surface area contributed by atoms with E-state index in [2.05, 4.69) is 10.00 Å². The zero-order valence-corrected chi connectivity index (χ0v) is 8.03. The third kappa shape index (κ3) is 1.48. The van der Waals surface area contributed by atoms with Crippen LogP contribution in [0.1, 0.15) is 19.3 Å². The number of piperidine rings is 1. The van der Waals surface area contributed by atoms with Crippen molar-refractivity contribution in [1.82, 2.24) is 9.78 Å². The van der Waals surface area contributed by atoms with Crippen LogP contribution in [0.15, 0.2) is 6.20 Å². The second-order valence-electron chi connectivity index (χ2n) is 3.59. The topological polar surface area (TPSA) is 47.1 Å². The van der Waals surface area contributed by atoms with Gasteiger partial charge in [0.25, 0.3) is 0 Å². The quantitative estimate of drug-likeness (QED) is 0.701. The highest BCUT2D eigenvalue weighted by molar-refractivity contribution is 5.62. The molecule has 1 aliphatic rings. The minimum atomic E-state index is 0.796. The van der Waals surface area contributed by atoms with Crippen molar-refractivity contribution in [3.8, 4) is 0 Å². The van der Waals surface area contributed by atoms with Crippen molar-refractivity contribution < 1.29 is 0 Å². The molecule has 0 unspecified atom stereocenters. The van der Waals surface area contributed by atoms with E-state index in [0.29, 0.717) is 0 Å². The van der Waals surface area contributed by atoms with E-state index < -0.39 is 0 Å². The fraction of sp³-hybridized carbons (Fsp3) is 0.667. The molecule has 0 aromatic carbocycles. The molecule has 0 amide bonds. The summed E-state index contributed by atoms with van der Waals surface area (Å²) in [6.45, 7) is 2.23. The molecule has 1 aromatic heterocycles. The molecule has 2 N–H and O–H groups in total. The lowest BCUT2D eigenvalue weighted by Crippen LogP contribution is -2.31. The Bertz CT molecular complexity index is 266. The van der Waals surface area contributed by atoms with Gasteiger partial charge in [-0.1, -0.05) is 0 Å². The molecule has 0 spiro atoms. The minimum Gasteiger partial charge on any atom is -0.394 e. The van der Waals surface area contributed by atoms with Gasteiger partial charge in [-0.3, -0.25) is 4.68 Å². The predicted octanol–water partition coefficient (Wildman–Crippen LogP) is 0.993. The number of nitrogen functional groups attached to an aromatic ring is 1. The van der Waals surface area contributed by atoms with Crippen LogP contribution in [0.4, 0.5) is 11.5 Å². The largest absolute Gasteiger partial charge is 0.394 e. The van der Waals surface area contributed by atoms with Crippen molar-refractivity contribution in [3.63, 3.8) is 0 Å². The third-order valence-corrected chi connectivity index (χ3v) is 2.59. The number of nitrogens with two attached hydrogens (primary N) is 1. The maximum Gasteiger partial charge on any atom is 0.150 e. The van der Waals surface area contributed by atoms with Crippen LogP contribution >= 0.6 is 0 Å². The molecular formula is C9H16N4. The first-order chi connectivity index (χ1) is 6.29. The standard InChI is InChI=1S/C9H16N4/c1-12-9(8(10)7-11-12)13-5-3-2-4-6-13/h7H,2-6,10H2,1H3. The van der Waals surface area contributed by atoms with Gasteiger partial charge >= 0.3 is 0 Å². The fourth-order valence-electron chi connectivity index (χ4n) is 1.94. The summed E-state index contributed by atoms with van der Waals surface area (Å²) in [6.07, 6.45) is 5.60. The molecule has 72 valence electrons. The van der Waals surface area contributed by atoms with Gasteiger partial charge in [0.1, 0.15) is 5.82 Å². The average molecular weight is 180 g/mol. The normalized spacial score (nSPS) is 17.8. The summed E-state index contributed by atoms with van der Waals surface area (Å²) in [5.74, 6) is 1.08. The number of nitrogens with zero attached hydrogens (tertiary/aromatic N) is 3. The van der Waals surface area contributed by atoms with Crippen LogP contribution in [0, 0.1) is 0 Å². The number of hydrogen-bond donors (Lipinski definition) is 1. The summed E-state index contributed by atoms with van der Waals surface area (Å²) in [7, 11) is 1.94. The van der Waals surface area contributed by atoms with Crippen LogP contribution in [0.3, 0.4) is 0 Å². The Morgan fingerprint density at radius 1 is 1.31 bits per heavy atom. The van der Waals surface area contributed by atoms with Crippen LogP contribution in [0.5, 0.6) is 0 Å². The molecule has 4 heteroatoms. The number of aromatic nitrogens is 2. The lowest BCUT2D eigenvalue weighted by atomic mass is 10.1. The van der Waals surface area contributed by atoms with Crippen LogP contribution in [0.2, 0.25) is 0 Å².